The van der Waals surface area contributed by atoms with Crippen LogP contribution in [-0.2, 0) is 50.9 Å². The van der Waals surface area contributed by atoms with E-state index in [4.69, 9.17) is 28.4 Å². The van der Waals surface area contributed by atoms with Gasteiger partial charge in [0.2, 0.25) is 0 Å². The lowest BCUT2D eigenvalue weighted by Gasteiger charge is -2.26. The van der Waals surface area contributed by atoms with Crippen molar-refractivity contribution in [1.29, 1.82) is 0 Å². The fourth-order valence-electron chi connectivity index (χ4n) is 11.3. The van der Waals surface area contributed by atoms with Crippen LogP contribution in [0.3, 0.4) is 0 Å². The SMILES string of the molecule is CC(C)(c1ccc(OCC2CO2)cc1)c1ccc(OCC2CO2)cc1.O=C(OCC1CCC2CC2C1)C1CCC2OC2C1.c1ccc([S+](c2ccccc2)c2ccc(Sc3ccc([S+](c4ccccc4)c4ccccc4)cc3)cc2)cc1. The molecule has 420 valence electrons. The molecule has 0 amide bonds. The lowest BCUT2D eigenvalue weighted by atomic mass is 9.78. The maximum atomic E-state index is 12.0. The summed E-state index contributed by atoms with van der Waals surface area (Å²) in [5.41, 5.74) is 2.42. The van der Waals surface area contributed by atoms with Crippen LogP contribution >= 0.6 is 11.8 Å². The Labute approximate surface area is 495 Å². The Morgan fingerprint density at radius 1 is 0.463 bits per heavy atom. The van der Waals surface area contributed by atoms with Crippen molar-refractivity contribution in [1.82, 2.24) is 0 Å². The third-order valence-electron chi connectivity index (χ3n) is 16.5. The molecule has 3 aliphatic heterocycles. The van der Waals surface area contributed by atoms with Crippen molar-refractivity contribution in [2.45, 2.75) is 128 Å². The maximum absolute atomic E-state index is 12.0. The van der Waals surface area contributed by atoms with Gasteiger partial charge in [0, 0.05) is 15.2 Å². The molecule has 6 fully saturated rings. The summed E-state index contributed by atoms with van der Waals surface area (Å²) >= 11 is 1.82. The van der Waals surface area contributed by atoms with Crippen molar-refractivity contribution in [2.75, 3.05) is 33.0 Å². The van der Waals surface area contributed by atoms with Crippen LogP contribution in [0, 0.1) is 23.7 Å². The summed E-state index contributed by atoms with van der Waals surface area (Å²) in [6.07, 6.45) is 9.71. The molecule has 8 unspecified atom stereocenters. The van der Waals surface area contributed by atoms with Gasteiger partial charge in [-0.2, -0.15) is 0 Å². The number of fused-ring (bicyclic) bond motifs is 2. The first-order chi connectivity index (χ1) is 40.3. The maximum Gasteiger partial charge on any atom is 0.309 e. The molecule has 8 atom stereocenters. The standard InChI is InChI=1S/C36H28S3.C21H24O4.C15H22O3/c1-5-13-31(14-6-1)38(32-15-7-2-8-16-32)35-25-21-29(22-26-35)37-30-23-27-36(28-24-30)39(33-17-9-3-10-18-33)34-19-11-4-12-20-34;1-21(2,15-3-7-17(8-4-15)22-11-19-13-24-19)16-5-9-18(10-6-16)23-12-20-14-25-20;16-15(11-3-4-13-14(7-11)18-13)17-8-9-1-2-10-6-12(10)5-9/h1-28H;3-10,19-20H,11-14H2,1-2H3;9-14H,1-8H2/q+2;;. The van der Waals surface area contributed by atoms with E-state index in [-0.39, 0.29) is 51.3 Å². The number of carbonyl (C=O) groups excluding carboxylic acids is 1. The van der Waals surface area contributed by atoms with Gasteiger partial charge in [0.05, 0.1) is 59.7 Å². The van der Waals surface area contributed by atoms with Crippen LogP contribution in [0.5, 0.6) is 11.5 Å². The highest BCUT2D eigenvalue weighted by Crippen LogP contribution is 2.51. The zero-order valence-corrected chi connectivity index (χ0v) is 49.4. The number of hydrogen-bond acceptors (Lipinski definition) is 8. The van der Waals surface area contributed by atoms with E-state index in [0.717, 1.165) is 55.8 Å². The average Bonchev–Trinajstić information content (AvgIpc) is 4.39. The first-order valence-electron chi connectivity index (χ1n) is 29.3. The molecule has 8 aromatic carbocycles. The number of ether oxygens (including phenoxy) is 6. The second-order valence-electron chi connectivity index (χ2n) is 22.9. The van der Waals surface area contributed by atoms with Gasteiger partial charge in [0.15, 0.2) is 29.4 Å². The van der Waals surface area contributed by atoms with E-state index in [9.17, 15) is 4.79 Å². The molecule has 0 N–H and O–H groups in total. The van der Waals surface area contributed by atoms with Crippen LogP contribution < -0.4 is 9.47 Å². The van der Waals surface area contributed by atoms with Crippen molar-refractivity contribution in [3.63, 3.8) is 0 Å². The van der Waals surface area contributed by atoms with E-state index in [1.54, 1.807) is 0 Å². The van der Waals surface area contributed by atoms with E-state index in [2.05, 4.69) is 208 Å². The molecule has 8 aromatic rings. The highest BCUT2D eigenvalue weighted by atomic mass is 32.2. The van der Waals surface area contributed by atoms with Gasteiger partial charge in [-0.25, -0.2) is 0 Å². The summed E-state index contributed by atoms with van der Waals surface area (Å²) in [6.45, 7) is 8.04. The molecule has 6 aliphatic rings. The van der Waals surface area contributed by atoms with Crippen molar-refractivity contribution in [3.8, 4) is 11.5 Å². The largest absolute Gasteiger partial charge is 0.491 e. The molecule has 10 heteroatoms. The summed E-state index contributed by atoms with van der Waals surface area (Å²) in [7, 11) is -0.245. The molecule has 3 heterocycles. The molecule has 7 nitrogen and oxygen atoms in total. The Morgan fingerprint density at radius 3 is 1.29 bits per heavy atom. The Hall–Kier alpha value is -6.24. The van der Waals surface area contributed by atoms with E-state index >= 15 is 0 Å². The van der Waals surface area contributed by atoms with Gasteiger partial charge in [-0.1, -0.05) is 123 Å². The van der Waals surface area contributed by atoms with Crippen LogP contribution in [0.25, 0.3) is 0 Å². The Kier molecular flexibility index (Phi) is 18.2. The van der Waals surface area contributed by atoms with Crippen molar-refractivity contribution in [2.24, 2.45) is 23.7 Å². The van der Waals surface area contributed by atoms with Gasteiger partial charge in [0.1, 0.15) is 36.9 Å². The highest BCUT2D eigenvalue weighted by Gasteiger charge is 2.47. The second-order valence-corrected chi connectivity index (χ2v) is 28.1. The molecular formula is C72H74O7S3+2. The molecule has 14 rings (SSSR count). The molecule has 3 aliphatic carbocycles. The van der Waals surface area contributed by atoms with E-state index in [1.165, 1.54) is 76.0 Å². The lowest BCUT2D eigenvalue weighted by molar-refractivity contribution is -0.151. The molecule has 3 saturated heterocycles. The fraction of sp³-hybridized carbons (Fsp3) is 0.319. The van der Waals surface area contributed by atoms with Crippen molar-refractivity contribution < 1.29 is 33.2 Å². The first kappa shape index (κ1) is 56.3. The summed E-state index contributed by atoms with van der Waals surface area (Å²) in [5, 5.41) is 0. The second kappa shape index (κ2) is 26.6. The number of carbonyl (C=O) groups is 1. The molecule has 0 aromatic heterocycles. The predicted octanol–water partition coefficient (Wildman–Crippen LogP) is 16.1. The average molecular weight is 1150 g/mol. The Balaban J connectivity index is 0.000000132. The van der Waals surface area contributed by atoms with E-state index in [1.807, 2.05) is 36.0 Å². The molecular weight excluding hydrogens is 1070 g/mol. The predicted molar refractivity (Wildman–Crippen MR) is 328 cm³/mol. The lowest BCUT2D eigenvalue weighted by Crippen LogP contribution is -2.26. The van der Waals surface area contributed by atoms with E-state index in [0.29, 0.717) is 37.9 Å². The molecule has 0 bridgehead atoms. The summed E-state index contributed by atoms with van der Waals surface area (Å²) in [4.78, 5) is 22.6. The van der Waals surface area contributed by atoms with Gasteiger partial charge in [-0.05, 0) is 195 Å². The molecule has 82 heavy (non-hydrogen) atoms. The van der Waals surface area contributed by atoms with E-state index < -0.39 is 0 Å². The van der Waals surface area contributed by atoms with Crippen LogP contribution in [0.2, 0.25) is 0 Å². The minimum Gasteiger partial charge on any atom is -0.491 e. The van der Waals surface area contributed by atoms with Crippen LogP contribution in [0.15, 0.2) is 258 Å². The van der Waals surface area contributed by atoms with Crippen LogP contribution in [-0.4, -0.2) is 63.4 Å². The number of benzene rings is 8. The van der Waals surface area contributed by atoms with Crippen LogP contribution in [0.4, 0.5) is 0 Å². The third-order valence-corrected chi connectivity index (χ3v) is 22.0. The quantitative estimate of drug-likeness (QED) is 0.0450. The minimum atomic E-state index is -0.123. The zero-order chi connectivity index (χ0) is 55.7. The topological polar surface area (TPSA) is 82.3 Å². The van der Waals surface area contributed by atoms with Crippen LogP contribution in [0.1, 0.15) is 69.9 Å². The zero-order valence-electron chi connectivity index (χ0n) is 47.0. The fourth-order valence-corrected chi connectivity index (χ4v) is 16.3. The van der Waals surface area contributed by atoms with Gasteiger partial charge in [-0.15, -0.1) is 0 Å². The van der Waals surface area contributed by atoms with Gasteiger partial charge >= 0.3 is 5.97 Å². The van der Waals surface area contributed by atoms with Crippen molar-refractivity contribution >= 4 is 39.5 Å². The number of rotatable bonds is 19. The van der Waals surface area contributed by atoms with Gasteiger partial charge < -0.3 is 28.4 Å². The summed E-state index contributed by atoms with van der Waals surface area (Å²) in [5.74, 6) is 4.58. The summed E-state index contributed by atoms with van der Waals surface area (Å²) in [6, 6.07) is 78.2. The van der Waals surface area contributed by atoms with Gasteiger partial charge in [0.25, 0.3) is 0 Å². The van der Waals surface area contributed by atoms with Gasteiger partial charge in [-0.3, -0.25) is 4.79 Å². The smallest absolute Gasteiger partial charge is 0.309 e. The first-order valence-corrected chi connectivity index (χ1v) is 32.6. The number of hydrogen-bond donors (Lipinski definition) is 0. The molecule has 3 saturated carbocycles. The third kappa shape index (κ3) is 15.1. The number of esters is 1. The minimum absolute atomic E-state index is 0.0434. The monoisotopic (exact) mass is 1150 g/mol. The normalized spacial score (nSPS) is 22.6. The highest BCUT2D eigenvalue weighted by molar-refractivity contribution is 7.99. The summed E-state index contributed by atoms with van der Waals surface area (Å²) < 4.78 is 32.8. The molecule has 0 spiro atoms. The molecule has 0 radical (unpaired) electrons. The number of epoxide rings is 3. The Morgan fingerprint density at radius 2 is 0.890 bits per heavy atom. The van der Waals surface area contributed by atoms with Crippen molar-refractivity contribution in [3.05, 3.63) is 230 Å². The Bertz CT molecular complexity index is 3000.